The number of nitrogen functional groups attached to an aromatic ring is 1. The number of carbonyl (C=O) groups is 1. The predicted octanol–water partition coefficient (Wildman–Crippen LogP) is 1.36. The zero-order valence-corrected chi connectivity index (χ0v) is 10.2. The number of pyridine rings is 1. The maximum Gasteiger partial charge on any atom is 0.255 e. The third kappa shape index (κ3) is 2.79. The van der Waals surface area contributed by atoms with Gasteiger partial charge in [-0.3, -0.25) is 9.59 Å². The topological polar surface area (TPSA) is 77.1 Å². The SMILES string of the molecule is Cn1ccc(C(=O)Nc2cc(F)ccc2N)cc1=O. The van der Waals surface area contributed by atoms with Crippen LogP contribution in [0.2, 0.25) is 0 Å². The van der Waals surface area contributed by atoms with Gasteiger partial charge < -0.3 is 15.6 Å². The second kappa shape index (κ2) is 4.93. The predicted molar refractivity (Wildman–Crippen MR) is 70.4 cm³/mol. The van der Waals surface area contributed by atoms with Gasteiger partial charge in [0.1, 0.15) is 5.82 Å². The number of rotatable bonds is 2. The van der Waals surface area contributed by atoms with Crippen LogP contribution in [0.15, 0.2) is 41.3 Å². The molecule has 0 radical (unpaired) electrons. The van der Waals surface area contributed by atoms with Crippen molar-refractivity contribution in [3.8, 4) is 0 Å². The van der Waals surface area contributed by atoms with Crippen LogP contribution in [-0.4, -0.2) is 10.5 Å². The van der Waals surface area contributed by atoms with E-state index >= 15 is 0 Å². The van der Waals surface area contributed by atoms with E-state index in [1.165, 1.54) is 35.0 Å². The molecule has 0 atom stereocenters. The van der Waals surface area contributed by atoms with E-state index < -0.39 is 11.7 Å². The molecule has 6 heteroatoms. The number of benzene rings is 1. The fourth-order valence-electron chi connectivity index (χ4n) is 1.52. The Morgan fingerprint density at radius 3 is 2.74 bits per heavy atom. The lowest BCUT2D eigenvalue weighted by Gasteiger charge is -2.08. The first-order chi connectivity index (χ1) is 8.97. The van der Waals surface area contributed by atoms with Crippen molar-refractivity contribution in [3.05, 3.63) is 58.3 Å². The van der Waals surface area contributed by atoms with Crippen molar-refractivity contribution in [2.75, 3.05) is 11.1 Å². The molecule has 0 saturated heterocycles. The van der Waals surface area contributed by atoms with E-state index in [2.05, 4.69) is 5.32 Å². The van der Waals surface area contributed by atoms with Crippen LogP contribution in [0.1, 0.15) is 10.4 Å². The number of halogens is 1. The third-order valence-corrected chi connectivity index (χ3v) is 2.63. The zero-order chi connectivity index (χ0) is 14.0. The summed E-state index contributed by atoms with van der Waals surface area (Å²) in [5.41, 5.74) is 5.92. The number of hydrogen-bond acceptors (Lipinski definition) is 3. The highest BCUT2D eigenvalue weighted by Gasteiger charge is 2.09. The normalized spacial score (nSPS) is 10.2. The molecule has 0 spiro atoms. The van der Waals surface area contributed by atoms with Gasteiger partial charge in [-0.2, -0.15) is 0 Å². The van der Waals surface area contributed by atoms with Crippen molar-refractivity contribution >= 4 is 17.3 Å². The molecule has 1 amide bonds. The van der Waals surface area contributed by atoms with E-state index in [0.29, 0.717) is 0 Å². The van der Waals surface area contributed by atoms with E-state index in [0.717, 1.165) is 6.07 Å². The molecular formula is C13H12FN3O2. The van der Waals surface area contributed by atoms with Crippen LogP contribution in [0.5, 0.6) is 0 Å². The van der Waals surface area contributed by atoms with E-state index in [4.69, 9.17) is 5.73 Å². The third-order valence-electron chi connectivity index (χ3n) is 2.63. The highest BCUT2D eigenvalue weighted by Crippen LogP contribution is 2.19. The van der Waals surface area contributed by atoms with Crippen LogP contribution in [0.3, 0.4) is 0 Å². The molecule has 19 heavy (non-hydrogen) atoms. The number of aryl methyl sites for hydroxylation is 1. The van der Waals surface area contributed by atoms with Crippen molar-refractivity contribution < 1.29 is 9.18 Å². The Hall–Kier alpha value is -2.63. The monoisotopic (exact) mass is 261 g/mol. The smallest absolute Gasteiger partial charge is 0.255 e. The summed E-state index contributed by atoms with van der Waals surface area (Å²) in [7, 11) is 1.58. The van der Waals surface area contributed by atoms with Crippen LogP contribution in [-0.2, 0) is 7.05 Å². The number of hydrogen-bond donors (Lipinski definition) is 2. The molecule has 0 aliphatic rings. The molecule has 2 rings (SSSR count). The average molecular weight is 261 g/mol. The van der Waals surface area contributed by atoms with Crippen molar-refractivity contribution in [2.45, 2.75) is 0 Å². The molecule has 3 N–H and O–H groups in total. The summed E-state index contributed by atoms with van der Waals surface area (Å²) in [6.07, 6.45) is 1.48. The molecule has 0 fully saturated rings. The highest BCUT2D eigenvalue weighted by molar-refractivity contribution is 6.05. The molecule has 1 aromatic heterocycles. The first-order valence-corrected chi connectivity index (χ1v) is 5.50. The molecular weight excluding hydrogens is 249 g/mol. The molecule has 0 aliphatic carbocycles. The van der Waals surface area contributed by atoms with E-state index in [1.807, 2.05) is 0 Å². The van der Waals surface area contributed by atoms with E-state index in [1.54, 1.807) is 7.05 Å². The molecule has 2 aromatic rings. The Labute approximate surface area is 108 Å². The molecule has 0 bridgehead atoms. The summed E-state index contributed by atoms with van der Waals surface area (Å²) in [6.45, 7) is 0. The number of anilines is 2. The molecule has 1 aromatic carbocycles. The standard InChI is InChI=1S/C13H12FN3O2/c1-17-5-4-8(6-12(17)18)13(19)16-11-7-9(14)2-3-10(11)15/h2-7H,15H2,1H3,(H,16,19). The number of aromatic nitrogens is 1. The number of carbonyl (C=O) groups excluding carboxylic acids is 1. The number of nitrogens with one attached hydrogen (secondary N) is 1. The van der Waals surface area contributed by atoms with Crippen molar-refractivity contribution in [1.29, 1.82) is 0 Å². The van der Waals surface area contributed by atoms with Crippen molar-refractivity contribution in [2.24, 2.45) is 7.05 Å². The number of nitrogens with zero attached hydrogens (tertiary/aromatic N) is 1. The van der Waals surface area contributed by atoms with E-state index in [-0.39, 0.29) is 22.5 Å². The van der Waals surface area contributed by atoms with Crippen LogP contribution in [0.25, 0.3) is 0 Å². The minimum atomic E-state index is -0.519. The fourth-order valence-corrected chi connectivity index (χ4v) is 1.52. The van der Waals surface area contributed by atoms with Gasteiger partial charge in [-0.25, -0.2) is 4.39 Å². The summed E-state index contributed by atoms with van der Waals surface area (Å²) in [4.78, 5) is 23.3. The Morgan fingerprint density at radius 2 is 2.05 bits per heavy atom. The second-order valence-electron chi connectivity index (χ2n) is 4.05. The molecule has 0 aliphatic heterocycles. The Bertz CT molecular complexity index is 695. The Kier molecular flexibility index (Phi) is 3.33. The van der Waals surface area contributed by atoms with Gasteiger partial charge in [0, 0.05) is 24.9 Å². The molecule has 1 heterocycles. The summed E-state index contributed by atoms with van der Waals surface area (Å²) in [5, 5.41) is 2.46. The molecule has 0 unspecified atom stereocenters. The largest absolute Gasteiger partial charge is 0.397 e. The Morgan fingerprint density at radius 1 is 1.32 bits per heavy atom. The number of amides is 1. The van der Waals surface area contributed by atoms with Crippen LogP contribution in [0.4, 0.5) is 15.8 Å². The van der Waals surface area contributed by atoms with Crippen LogP contribution in [0, 0.1) is 5.82 Å². The molecule has 98 valence electrons. The van der Waals surface area contributed by atoms with Gasteiger partial charge in [0.15, 0.2) is 0 Å². The molecule has 0 saturated carbocycles. The summed E-state index contributed by atoms with van der Waals surface area (Å²) in [5.74, 6) is -1.02. The lowest BCUT2D eigenvalue weighted by Crippen LogP contribution is -2.20. The quantitative estimate of drug-likeness (QED) is 0.801. The van der Waals surface area contributed by atoms with Crippen molar-refractivity contribution in [1.82, 2.24) is 4.57 Å². The first kappa shape index (κ1) is 12.8. The summed E-state index contributed by atoms with van der Waals surface area (Å²) in [6, 6.07) is 6.36. The average Bonchev–Trinajstić information content (AvgIpc) is 2.37. The molecule has 5 nitrogen and oxygen atoms in total. The Balaban J connectivity index is 2.28. The lowest BCUT2D eigenvalue weighted by molar-refractivity contribution is 0.102. The maximum absolute atomic E-state index is 13.1. The van der Waals surface area contributed by atoms with Gasteiger partial charge >= 0.3 is 0 Å². The van der Waals surface area contributed by atoms with Crippen molar-refractivity contribution in [3.63, 3.8) is 0 Å². The lowest BCUT2D eigenvalue weighted by atomic mass is 10.2. The second-order valence-corrected chi connectivity index (χ2v) is 4.05. The first-order valence-electron chi connectivity index (χ1n) is 5.50. The summed E-state index contributed by atoms with van der Waals surface area (Å²) < 4.78 is 14.4. The minimum Gasteiger partial charge on any atom is -0.397 e. The number of nitrogens with two attached hydrogens (primary N) is 1. The minimum absolute atomic E-state index is 0.172. The summed E-state index contributed by atoms with van der Waals surface area (Å²) >= 11 is 0. The van der Waals surface area contributed by atoms with Gasteiger partial charge in [0.05, 0.1) is 11.4 Å². The van der Waals surface area contributed by atoms with E-state index in [9.17, 15) is 14.0 Å². The maximum atomic E-state index is 13.1. The zero-order valence-electron chi connectivity index (χ0n) is 10.2. The highest BCUT2D eigenvalue weighted by atomic mass is 19.1. The van der Waals surface area contributed by atoms with Crippen LogP contribution < -0.4 is 16.6 Å². The fraction of sp³-hybridized carbons (Fsp3) is 0.0769. The van der Waals surface area contributed by atoms with Gasteiger partial charge in [0.25, 0.3) is 11.5 Å². The van der Waals surface area contributed by atoms with Gasteiger partial charge in [0.2, 0.25) is 0 Å². The van der Waals surface area contributed by atoms with Gasteiger partial charge in [-0.1, -0.05) is 0 Å². The van der Waals surface area contributed by atoms with Crippen LogP contribution >= 0.6 is 0 Å². The van der Waals surface area contributed by atoms with Gasteiger partial charge in [-0.15, -0.1) is 0 Å². The van der Waals surface area contributed by atoms with Gasteiger partial charge in [-0.05, 0) is 24.3 Å².